The number of Topliss-reactive ketones (excluding diaryl/α,β-unsaturated/α-hetero) is 1. The van der Waals surface area contributed by atoms with Gasteiger partial charge in [0, 0.05) is 23.4 Å². The molecule has 9 heteroatoms. The molecule has 0 bridgehead atoms. The number of anilines is 1. The molecule has 3 N–H and O–H groups in total. The molecule has 0 spiro atoms. The van der Waals surface area contributed by atoms with Crippen molar-refractivity contribution in [3.63, 3.8) is 0 Å². The Morgan fingerprint density at radius 2 is 1.97 bits per heavy atom. The first-order valence-corrected chi connectivity index (χ1v) is 12.0. The number of hydrogen-bond donors (Lipinski definition) is 3. The van der Waals surface area contributed by atoms with Gasteiger partial charge in [-0.1, -0.05) is 17.8 Å². The van der Waals surface area contributed by atoms with Gasteiger partial charge in [-0.15, -0.1) is 0 Å². The minimum atomic E-state index is -0.606. The Morgan fingerprint density at radius 3 is 2.66 bits per heavy atom. The van der Waals surface area contributed by atoms with Gasteiger partial charge in [-0.3, -0.25) is 9.59 Å². The first-order valence-electron chi connectivity index (χ1n) is 11.1. The van der Waals surface area contributed by atoms with Crippen LogP contribution in [0.3, 0.4) is 0 Å². The fourth-order valence-electron chi connectivity index (χ4n) is 4.25. The number of carbonyl (C=O) groups excluding carboxylic acids is 2. The first-order chi connectivity index (χ1) is 16.9. The van der Waals surface area contributed by atoms with E-state index in [0.29, 0.717) is 52.4 Å². The third-order valence-corrected chi connectivity index (χ3v) is 6.94. The third kappa shape index (κ3) is 5.12. The predicted molar refractivity (Wildman–Crippen MR) is 133 cm³/mol. The smallest absolute Gasteiger partial charge is 0.234 e. The molecule has 1 aliphatic heterocycles. The van der Waals surface area contributed by atoms with E-state index in [0.717, 1.165) is 5.70 Å². The van der Waals surface area contributed by atoms with E-state index < -0.39 is 5.92 Å². The predicted octanol–water partition coefficient (Wildman–Crippen LogP) is 4.21. The molecular weight excluding hydrogens is 466 g/mol. The Morgan fingerprint density at radius 1 is 1.20 bits per heavy atom. The van der Waals surface area contributed by atoms with E-state index in [-0.39, 0.29) is 28.9 Å². The second-order valence-corrected chi connectivity index (χ2v) is 9.06. The molecule has 0 unspecified atom stereocenters. The third-order valence-electron chi connectivity index (χ3n) is 5.92. The number of benzene rings is 2. The van der Waals surface area contributed by atoms with Crippen molar-refractivity contribution in [2.24, 2.45) is 0 Å². The summed E-state index contributed by atoms with van der Waals surface area (Å²) in [5, 5.41) is 26.8. The molecular formula is C26H25N3O5S. The molecule has 0 aromatic heterocycles. The van der Waals surface area contributed by atoms with Gasteiger partial charge < -0.3 is 25.2 Å². The highest BCUT2D eigenvalue weighted by Crippen LogP contribution is 2.45. The number of amides is 1. The van der Waals surface area contributed by atoms with Gasteiger partial charge in [-0.25, -0.2) is 0 Å². The molecule has 0 radical (unpaired) electrons. The van der Waals surface area contributed by atoms with Gasteiger partial charge in [-0.05, 0) is 54.8 Å². The van der Waals surface area contributed by atoms with Gasteiger partial charge in [0.2, 0.25) is 5.91 Å². The fraction of sp³-hybridized carbons (Fsp3) is 0.269. The van der Waals surface area contributed by atoms with Crippen LogP contribution in [0.25, 0.3) is 0 Å². The summed E-state index contributed by atoms with van der Waals surface area (Å²) in [5.41, 5.74) is 3.00. The van der Waals surface area contributed by atoms with E-state index >= 15 is 0 Å². The number of phenols is 1. The minimum Gasteiger partial charge on any atom is -0.504 e. The van der Waals surface area contributed by atoms with Crippen molar-refractivity contribution in [1.82, 2.24) is 5.32 Å². The van der Waals surface area contributed by atoms with Crippen molar-refractivity contribution >= 4 is 29.1 Å². The Balaban J connectivity index is 1.61. The van der Waals surface area contributed by atoms with Crippen LogP contribution in [-0.2, 0) is 9.59 Å². The number of nitrogens with one attached hydrogen (secondary N) is 2. The highest BCUT2D eigenvalue weighted by molar-refractivity contribution is 8.03. The highest BCUT2D eigenvalue weighted by atomic mass is 32.2. The van der Waals surface area contributed by atoms with Crippen LogP contribution in [0.4, 0.5) is 5.69 Å². The van der Waals surface area contributed by atoms with E-state index in [4.69, 9.17) is 9.47 Å². The van der Waals surface area contributed by atoms with E-state index in [1.807, 2.05) is 0 Å². The van der Waals surface area contributed by atoms with E-state index in [9.17, 15) is 20.0 Å². The van der Waals surface area contributed by atoms with Crippen LogP contribution >= 0.6 is 11.8 Å². The zero-order chi connectivity index (χ0) is 24.9. The van der Waals surface area contributed by atoms with Crippen LogP contribution in [0.2, 0.25) is 0 Å². The minimum absolute atomic E-state index is 0.00941. The van der Waals surface area contributed by atoms with Crippen LogP contribution < -0.4 is 20.1 Å². The first kappa shape index (κ1) is 24.2. The molecule has 0 fully saturated rings. The van der Waals surface area contributed by atoms with E-state index in [1.165, 1.54) is 24.9 Å². The summed E-state index contributed by atoms with van der Waals surface area (Å²) in [4.78, 5) is 25.5. The lowest BCUT2D eigenvalue weighted by molar-refractivity contribution is -0.116. The number of thioether (sulfide) groups is 1. The number of hydrogen-bond acceptors (Lipinski definition) is 8. The normalized spacial score (nSPS) is 17.3. The Labute approximate surface area is 207 Å². The molecule has 35 heavy (non-hydrogen) atoms. The number of aromatic hydroxyl groups is 1. The molecule has 180 valence electrons. The summed E-state index contributed by atoms with van der Waals surface area (Å²) in [7, 11) is 3.02. The van der Waals surface area contributed by atoms with Gasteiger partial charge in [0.05, 0.1) is 42.6 Å². The maximum absolute atomic E-state index is 12.9. The van der Waals surface area contributed by atoms with Crippen LogP contribution in [0.1, 0.15) is 30.7 Å². The molecule has 4 rings (SSSR count). The maximum atomic E-state index is 12.9. The quantitative estimate of drug-likeness (QED) is 0.527. The number of rotatable bonds is 7. The maximum Gasteiger partial charge on any atom is 0.234 e. The molecule has 2 aromatic rings. The van der Waals surface area contributed by atoms with E-state index in [1.54, 1.807) is 43.5 Å². The molecule has 2 aliphatic rings. The van der Waals surface area contributed by atoms with Crippen LogP contribution in [0, 0.1) is 11.3 Å². The average Bonchev–Trinajstić information content (AvgIpc) is 2.87. The number of dihydropyridines is 1. The van der Waals surface area contributed by atoms with Crippen molar-refractivity contribution in [3.8, 4) is 23.3 Å². The standard InChI is InChI=1S/C26H25N3O5S/c1-33-17-9-7-16(8-10-17)28-23(32)14-35-26-18(13-27)24(15-6-11-20(30)22(12-15)34-2)25-19(29-26)4-3-5-21(25)31/h6-12,24,29-30H,3-5,14H2,1-2H3,(H,28,32)/t24-/m1/s1. The zero-order valence-corrected chi connectivity index (χ0v) is 20.2. The number of phenolic OH excluding ortho intramolecular Hbond substituents is 1. The Hall–Kier alpha value is -3.90. The molecule has 0 saturated carbocycles. The number of allylic oxidation sites excluding steroid dienone is 3. The molecule has 1 heterocycles. The van der Waals surface area contributed by atoms with Gasteiger partial charge in [0.25, 0.3) is 0 Å². The summed E-state index contributed by atoms with van der Waals surface area (Å²) in [5.74, 6) is 0.153. The summed E-state index contributed by atoms with van der Waals surface area (Å²) >= 11 is 1.22. The number of methoxy groups -OCH3 is 2. The number of ether oxygens (including phenoxy) is 2. The number of nitrogens with zero attached hydrogens (tertiary/aromatic N) is 1. The zero-order valence-electron chi connectivity index (χ0n) is 19.4. The van der Waals surface area contributed by atoms with Gasteiger partial charge >= 0.3 is 0 Å². The fourth-order valence-corrected chi connectivity index (χ4v) is 5.12. The molecule has 2 aromatic carbocycles. The Kier molecular flexibility index (Phi) is 7.32. The monoisotopic (exact) mass is 491 g/mol. The lowest BCUT2D eigenvalue weighted by Crippen LogP contribution is -2.31. The number of nitriles is 1. The van der Waals surface area contributed by atoms with Crippen molar-refractivity contribution in [1.29, 1.82) is 5.26 Å². The Bertz CT molecular complexity index is 1260. The van der Waals surface area contributed by atoms with Crippen molar-refractivity contribution in [3.05, 3.63) is 69.9 Å². The molecule has 1 amide bonds. The topological polar surface area (TPSA) is 121 Å². The van der Waals surface area contributed by atoms with Crippen LogP contribution in [0.5, 0.6) is 17.2 Å². The van der Waals surface area contributed by atoms with Crippen molar-refractivity contribution in [2.75, 3.05) is 25.3 Å². The van der Waals surface area contributed by atoms with Crippen molar-refractivity contribution in [2.45, 2.75) is 25.2 Å². The second kappa shape index (κ2) is 10.6. The number of carbonyl (C=O) groups is 2. The highest BCUT2D eigenvalue weighted by Gasteiger charge is 2.37. The number of ketones is 1. The molecule has 1 aliphatic carbocycles. The summed E-state index contributed by atoms with van der Waals surface area (Å²) in [6, 6.07) is 14.1. The average molecular weight is 492 g/mol. The summed E-state index contributed by atoms with van der Waals surface area (Å²) in [6.45, 7) is 0. The van der Waals surface area contributed by atoms with Crippen molar-refractivity contribution < 1.29 is 24.2 Å². The van der Waals surface area contributed by atoms with Gasteiger partial charge in [0.1, 0.15) is 5.75 Å². The van der Waals surface area contributed by atoms with Crippen LogP contribution in [0.15, 0.2) is 64.3 Å². The molecule has 8 nitrogen and oxygen atoms in total. The largest absolute Gasteiger partial charge is 0.504 e. The lowest BCUT2D eigenvalue weighted by Gasteiger charge is -2.33. The van der Waals surface area contributed by atoms with Gasteiger partial charge in [-0.2, -0.15) is 5.26 Å². The lowest BCUT2D eigenvalue weighted by atomic mass is 9.77. The van der Waals surface area contributed by atoms with E-state index in [2.05, 4.69) is 16.7 Å². The molecule has 1 atom stereocenters. The second-order valence-electron chi connectivity index (χ2n) is 8.08. The summed E-state index contributed by atoms with van der Waals surface area (Å²) in [6.07, 6.45) is 1.80. The molecule has 0 saturated heterocycles. The van der Waals surface area contributed by atoms with Gasteiger partial charge in [0.15, 0.2) is 17.3 Å². The van der Waals surface area contributed by atoms with Crippen LogP contribution in [-0.4, -0.2) is 36.8 Å². The SMILES string of the molecule is COc1ccc(NC(=O)CSC2=C(C#N)[C@@H](c3ccc(O)c(OC)c3)C3=C(CCCC3=O)N2)cc1. The summed E-state index contributed by atoms with van der Waals surface area (Å²) < 4.78 is 10.4.